The number of aryl methyl sites for hydroxylation is 1. The molecule has 2 unspecified atom stereocenters. The third-order valence-electron chi connectivity index (χ3n) is 4.90. The van der Waals surface area contributed by atoms with Crippen molar-refractivity contribution < 1.29 is 9.50 Å². The molecule has 144 valence electrons. The number of pyridine rings is 1. The van der Waals surface area contributed by atoms with Crippen molar-refractivity contribution >= 4 is 17.3 Å². The van der Waals surface area contributed by atoms with Crippen molar-refractivity contribution in [2.45, 2.75) is 25.7 Å². The quantitative estimate of drug-likeness (QED) is 0.545. The summed E-state index contributed by atoms with van der Waals surface area (Å²) in [6, 6.07) is 9.06. The van der Waals surface area contributed by atoms with Crippen LogP contribution in [0.5, 0.6) is 0 Å². The van der Waals surface area contributed by atoms with Crippen LogP contribution in [0.3, 0.4) is 0 Å². The van der Waals surface area contributed by atoms with Gasteiger partial charge in [-0.1, -0.05) is 12.1 Å². The van der Waals surface area contributed by atoms with Crippen LogP contribution in [0.1, 0.15) is 30.0 Å². The second-order valence-electron chi connectivity index (χ2n) is 6.85. The van der Waals surface area contributed by atoms with E-state index < -0.39 is 23.3 Å². The number of aromatic nitrogens is 3. The minimum atomic E-state index is -1.14. The van der Waals surface area contributed by atoms with Gasteiger partial charge in [0.2, 0.25) is 0 Å². The summed E-state index contributed by atoms with van der Waals surface area (Å²) in [7, 11) is 0. The molecule has 9 heteroatoms. The molecule has 3 aromatic rings. The highest BCUT2D eigenvalue weighted by atomic mass is 19.1. The second kappa shape index (κ2) is 6.39. The summed E-state index contributed by atoms with van der Waals surface area (Å²) in [5.74, 6) is 0.194. The maximum atomic E-state index is 13.8. The molecule has 0 bridgehead atoms. The van der Waals surface area contributed by atoms with E-state index >= 15 is 0 Å². The Morgan fingerprint density at radius 3 is 2.82 bits per heavy atom. The Bertz CT molecular complexity index is 1130. The maximum Gasteiger partial charge on any atom is 0.276 e. The van der Waals surface area contributed by atoms with Crippen LogP contribution >= 0.6 is 0 Å². The average molecular weight is 382 g/mol. The number of halogens is 1. The SMILES string of the molecule is Cc1cc(Nc2cc(N)ncn2)c(=O)n2c1C(O)NC2(C)c1cccc(F)c1. The number of nitrogen functional groups attached to an aromatic ring is 1. The van der Waals surface area contributed by atoms with Gasteiger partial charge in [0.25, 0.3) is 5.56 Å². The van der Waals surface area contributed by atoms with Gasteiger partial charge < -0.3 is 16.2 Å². The third-order valence-corrected chi connectivity index (χ3v) is 4.90. The van der Waals surface area contributed by atoms with E-state index in [4.69, 9.17) is 5.73 Å². The largest absolute Gasteiger partial charge is 0.384 e. The fourth-order valence-electron chi connectivity index (χ4n) is 3.61. The molecule has 0 radical (unpaired) electrons. The number of aliphatic hydroxyl groups excluding tert-OH is 1. The molecule has 0 aliphatic carbocycles. The van der Waals surface area contributed by atoms with Crippen molar-refractivity contribution in [3.05, 3.63) is 75.7 Å². The average Bonchev–Trinajstić information content (AvgIpc) is 2.92. The molecule has 28 heavy (non-hydrogen) atoms. The van der Waals surface area contributed by atoms with E-state index in [-0.39, 0.29) is 11.5 Å². The second-order valence-corrected chi connectivity index (χ2v) is 6.85. The molecule has 5 N–H and O–H groups in total. The first kappa shape index (κ1) is 18.1. The topological polar surface area (TPSA) is 118 Å². The van der Waals surface area contributed by atoms with E-state index in [0.717, 1.165) is 0 Å². The van der Waals surface area contributed by atoms with E-state index in [9.17, 15) is 14.3 Å². The molecule has 0 fully saturated rings. The van der Waals surface area contributed by atoms with Gasteiger partial charge >= 0.3 is 0 Å². The molecule has 2 atom stereocenters. The van der Waals surface area contributed by atoms with E-state index in [2.05, 4.69) is 20.6 Å². The Labute approximate surface area is 159 Å². The Morgan fingerprint density at radius 2 is 2.11 bits per heavy atom. The lowest BCUT2D eigenvalue weighted by atomic mass is 10.0. The van der Waals surface area contributed by atoms with Gasteiger partial charge in [-0.25, -0.2) is 14.4 Å². The van der Waals surface area contributed by atoms with Crippen LogP contribution < -0.4 is 21.9 Å². The minimum absolute atomic E-state index is 0.248. The van der Waals surface area contributed by atoms with Crippen molar-refractivity contribution in [2.75, 3.05) is 11.1 Å². The Morgan fingerprint density at radius 1 is 1.32 bits per heavy atom. The molecule has 8 nitrogen and oxygen atoms in total. The van der Waals surface area contributed by atoms with E-state index in [1.54, 1.807) is 32.0 Å². The number of hydrogen-bond acceptors (Lipinski definition) is 7. The third kappa shape index (κ3) is 2.81. The van der Waals surface area contributed by atoms with Crippen molar-refractivity contribution in [3.63, 3.8) is 0 Å². The highest BCUT2D eigenvalue weighted by Crippen LogP contribution is 2.36. The highest BCUT2D eigenvalue weighted by molar-refractivity contribution is 5.59. The summed E-state index contributed by atoms with van der Waals surface area (Å²) in [5, 5.41) is 16.5. The zero-order chi connectivity index (χ0) is 20.1. The smallest absolute Gasteiger partial charge is 0.276 e. The first-order valence-corrected chi connectivity index (χ1v) is 8.63. The van der Waals surface area contributed by atoms with Gasteiger partial charge in [-0.15, -0.1) is 0 Å². The van der Waals surface area contributed by atoms with Crippen molar-refractivity contribution in [3.8, 4) is 0 Å². The van der Waals surface area contributed by atoms with E-state index in [0.29, 0.717) is 22.6 Å². The normalized spacial score (nSPS) is 20.8. The van der Waals surface area contributed by atoms with Crippen LogP contribution in [-0.2, 0) is 5.66 Å². The van der Waals surface area contributed by atoms with Crippen molar-refractivity contribution in [1.29, 1.82) is 0 Å². The van der Waals surface area contributed by atoms with Gasteiger partial charge in [0, 0.05) is 6.07 Å². The number of aliphatic hydroxyl groups is 1. The zero-order valence-electron chi connectivity index (χ0n) is 15.3. The predicted molar refractivity (Wildman–Crippen MR) is 102 cm³/mol. The number of anilines is 3. The monoisotopic (exact) mass is 382 g/mol. The lowest BCUT2D eigenvalue weighted by molar-refractivity contribution is 0.124. The van der Waals surface area contributed by atoms with Gasteiger partial charge in [0.15, 0.2) is 0 Å². The maximum absolute atomic E-state index is 13.8. The molecule has 0 spiro atoms. The number of benzene rings is 1. The minimum Gasteiger partial charge on any atom is -0.384 e. The van der Waals surface area contributed by atoms with Crippen LogP contribution in [-0.4, -0.2) is 19.6 Å². The molecule has 0 amide bonds. The molecule has 2 aromatic heterocycles. The Kier molecular flexibility index (Phi) is 4.13. The summed E-state index contributed by atoms with van der Waals surface area (Å²) in [5.41, 5.74) is 6.00. The predicted octanol–water partition coefficient (Wildman–Crippen LogP) is 1.73. The fourth-order valence-corrected chi connectivity index (χ4v) is 3.61. The molecular formula is C19H19FN6O2. The number of hydrogen-bond donors (Lipinski definition) is 4. The summed E-state index contributed by atoms with van der Waals surface area (Å²) in [6.07, 6.45) is 0.210. The van der Waals surface area contributed by atoms with Gasteiger partial charge in [-0.2, -0.15) is 0 Å². The molecule has 1 aromatic carbocycles. The fraction of sp³-hybridized carbons (Fsp3) is 0.211. The number of nitrogens with two attached hydrogens (primary N) is 1. The van der Waals surface area contributed by atoms with Crippen LogP contribution in [0.25, 0.3) is 0 Å². The van der Waals surface area contributed by atoms with Gasteiger partial charge in [0.05, 0.1) is 5.69 Å². The highest BCUT2D eigenvalue weighted by Gasteiger charge is 2.42. The van der Waals surface area contributed by atoms with Crippen LogP contribution in [0.2, 0.25) is 0 Å². The summed E-state index contributed by atoms with van der Waals surface area (Å²) < 4.78 is 15.3. The van der Waals surface area contributed by atoms with Gasteiger partial charge in [-0.05, 0) is 43.2 Å². The Hall–Kier alpha value is -3.30. The number of nitrogens with zero attached hydrogens (tertiary/aromatic N) is 3. The molecule has 1 aliphatic rings. The van der Waals surface area contributed by atoms with Gasteiger partial charge in [-0.3, -0.25) is 14.7 Å². The lowest BCUT2D eigenvalue weighted by Crippen LogP contribution is -2.45. The molecule has 3 heterocycles. The Balaban J connectivity index is 1.89. The van der Waals surface area contributed by atoms with Crippen molar-refractivity contribution in [1.82, 2.24) is 19.9 Å². The number of rotatable bonds is 3. The molecular weight excluding hydrogens is 363 g/mol. The van der Waals surface area contributed by atoms with Crippen LogP contribution in [0.15, 0.2) is 47.5 Å². The van der Waals surface area contributed by atoms with Crippen LogP contribution in [0, 0.1) is 12.7 Å². The van der Waals surface area contributed by atoms with Gasteiger partial charge in [0.1, 0.15) is 41.4 Å². The standard InChI is InChI=1S/C19H19FN6O2/c1-10-6-13(24-15-8-14(21)22-9-23-15)18(28)26-16(10)17(27)25-19(26,2)11-4-3-5-12(20)7-11/h3-9,17,25,27H,1-2H3,(H3,21,22,23,24). The first-order chi connectivity index (χ1) is 13.3. The first-order valence-electron chi connectivity index (χ1n) is 8.63. The summed E-state index contributed by atoms with van der Waals surface area (Å²) in [4.78, 5) is 21.2. The summed E-state index contributed by atoms with van der Waals surface area (Å²) >= 11 is 0. The van der Waals surface area contributed by atoms with Crippen LogP contribution in [0.4, 0.5) is 21.7 Å². The number of fused-ring (bicyclic) bond motifs is 1. The number of nitrogens with one attached hydrogen (secondary N) is 2. The molecule has 1 aliphatic heterocycles. The lowest BCUT2D eigenvalue weighted by Gasteiger charge is -2.29. The molecule has 4 rings (SSSR count). The van der Waals surface area contributed by atoms with E-state index in [1.807, 2.05) is 0 Å². The zero-order valence-corrected chi connectivity index (χ0v) is 15.3. The molecule has 0 saturated carbocycles. The molecule has 0 saturated heterocycles. The van der Waals surface area contributed by atoms with E-state index in [1.165, 1.54) is 29.1 Å². The summed E-state index contributed by atoms with van der Waals surface area (Å²) in [6.45, 7) is 3.50. The van der Waals surface area contributed by atoms with Crippen molar-refractivity contribution in [2.24, 2.45) is 0 Å².